The van der Waals surface area contributed by atoms with Crippen molar-refractivity contribution in [2.75, 3.05) is 31.1 Å². The maximum Gasteiger partial charge on any atom is 0.407 e. The number of aromatic nitrogens is 4. The Bertz CT molecular complexity index is 1250. The van der Waals surface area contributed by atoms with E-state index in [4.69, 9.17) is 10.1 Å². The molecular formula is C32H48N6O3. The number of fused-ring (bicyclic) bond motifs is 1. The molecule has 1 saturated carbocycles. The van der Waals surface area contributed by atoms with Crippen LogP contribution in [-0.4, -0.2) is 67.6 Å². The van der Waals surface area contributed by atoms with E-state index in [9.17, 15) is 9.59 Å². The number of carbonyl (C=O) groups is 2. The van der Waals surface area contributed by atoms with Crippen molar-refractivity contribution in [1.82, 2.24) is 24.5 Å². The first-order chi connectivity index (χ1) is 19.7. The van der Waals surface area contributed by atoms with E-state index in [1.54, 1.807) is 11.4 Å². The van der Waals surface area contributed by atoms with Gasteiger partial charge in [0.05, 0.1) is 6.20 Å². The molecule has 1 aliphatic heterocycles. The Morgan fingerprint density at radius 1 is 1.05 bits per heavy atom. The zero-order chi connectivity index (χ0) is 29.8. The Morgan fingerprint density at radius 2 is 1.78 bits per heavy atom. The molecular weight excluding hydrogens is 516 g/mol. The van der Waals surface area contributed by atoms with Gasteiger partial charge in [0, 0.05) is 61.8 Å². The smallest absolute Gasteiger partial charge is 0.407 e. The van der Waals surface area contributed by atoms with E-state index in [1.807, 2.05) is 30.7 Å². The topological polar surface area (TPSA) is 104 Å². The van der Waals surface area contributed by atoms with Crippen LogP contribution in [0.15, 0.2) is 36.8 Å². The molecule has 41 heavy (non-hydrogen) atoms. The number of carboxylic acid groups (broad SMARTS) is 1. The lowest BCUT2D eigenvalue weighted by atomic mass is 10.0. The van der Waals surface area contributed by atoms with E-state index in [0.717, 1.165) is 65.8 Å². The molecule has 4 heterocycles. The Labute approximate surface area is 245 Å². The van der Waals surface area contributed by atoms with E-state index in [1.165, 1.54) is 30.6 Å². The first-order valence-corrected chi connectivity index (χ1v) is 15.2. The second kappa shape index (κ2) is 16.1. The van der Waals surface area contributed by atoms with Gasteiger partial charge in [-0.2, -0.15) is 5.10 Å². The minimum absolute atomic E-state index is 0.307. The van der Waals surface area contributed by atoms with Crippen LogP contribution < -0.4 is 4.90 Å². The van der Waals surface area contributed by atoms with Gasteiger partial charge in [0.1, 0.15) is 11.6 Å². The summed E-state index contributed by atoms with van der Waals surface area (Å²) in [5.74, 6) is 2.81. The summed E-state index contributed by atoms with van der Waals surface area (Å²) in [6.45, 7) is 12.7. The van der Waals surface area contributed by atoms with Crippen LogP contribution in [0.3, 0.4) is 0 Å². The van der Waals surface area contributed by atoms with Crippen molar-refractivity contribution in [3.05, 3.63) is 42.5 Å². The van der Waals surface area contributed by atoms with Crippen LogP contribution in [-0.2, 0) is 11.2 Å². The molecule has 3 aromatic heterocycles. The summed E-state index contributed by atoms with van der Waals surface area (Å²) in [6, 6.07) is 6.00. The highest BCUT2D eigenvalue weighted by Crippen LogP contribution is 2.35. The number of Topliss-reactive ketones (excluding diaryl/α,β-unsaturated/α-hetero) is 1. The number of pyridine rings is 1. The highest BCUT2D eigenvalue weighted by molar-refractivity contribution is 5.79. The number of hydrogen-bond acceptors (Lipinski definition) is 6. The van der Waals surface area contributed by atoms with Crippen LogP contribution in [0.25, 0.3) is 16.8 Å². The lowest BCUT2D eigenvalue weighted by molar-refractivity contribution is -0.117. The SMILES string of the molecule is CCCC(C)C.CCCCC(C)=O.O=C(O)N1CCN(c2ccn3ncc(-c4cccnc4CC4CC4)c3n2)CC1. The first-order valence-electron chi connectivity index (χ1n) is 15.2. The number of unbranched alkanes of at least 4 members (excludes halogenated alkanes) is 1. The lowest BCUT2D eigenvalue weighted by Crippen LogP contribution is -2.48. The molecule has 0 unspecified atom stereocenters. The molecule has 1 amide bonds. The molecule has 9 heteroatoms. The Hall–Kier alpha value is -3.49. The van der Waals surface area contributed by atoms with E-state index >= 15 is 0 Å². The van der Waals surface area contributed by atoms with Gasteiger partial charge in [-0.05, 0) is 56.6 Å². The molecule has 1 N–H and O–H groups in total. The molecule has 0 bridgehead atoms. The molecule has 2 fully saturated rings. The summed E-state index contributed by atoms with van der Waals surface area (Å²) in [4.78, 5) is 34.4. The minimum Gasteiger partial charge on any atom is -0.465 e. The van der Waals surface area contributed by atoms with Crippen molar-refractivity contribution in [2.45, 2.75) is 86.0 Å². The predicted molar refractivity (Wildman–Crippen MR) is 164 cm³/mol. The number of piperazine rings is 1. The molecule has 0 spiro atoms. The van der Waals surface area contributed by atoms with Crippen molar-refractivity contribution in [3.8, 4) is 11.1 Å². The number of nitrogens with zero attached hydrogens (tertiary/aromatic N) is 6. The van der Waals surface area contributed by atoms with Crippen molar-refractivity contribution >= 4 is 23.3 Å². The summed E-state index contributed by atoms with van der Waals surface area (Å²) in [5, 5.41) is 13.6. The molecule has 224 valence electrons. The summed E-state index contributed by atoms with van der Waals surface area (Å²) >= 11 is 0. The summed E-state index contributed by atoms with van der Waals surface area (Å²) in [6.07, 6.45) is 14.0. The minimum atomic E-state index is -0.860. The zero-order valence-corrected chi connectivity index (χ0v) is 25.6. The zero-order valence-electron chi connectivity index (χ0n) is 25.6. The number of amides is 1. The van der Waals surface area contributed by atoms with Crippen LogP contribution in [0, 0.1) is 11.8 Å². The van der Waals surface area contributed by atoms with Crippen LogP contribution >= 0.6 is 0 Å². The van der Waals surface area contributed by atoms with Gasteiger partial charge >= 0.3 is 6.09 Å². The van der Waals surface area contributed by atoms with Crippen molar-refractivity contribution in [1.29, 1.82) is 0 Å². The second-order valence-corrected chi connectivity index (χ2v) is 11.5. The van der Waals surface area contributed by atoms with Crippen LogP contribution in [0.2, 0.25) is 0 Å². The molecule has 9 nitrogen and oxygen atoms in total. The third-order valence-corrected chi connectivity index (χ3v) is 7.34. The molecule has 0 atom stereocenters. The fraction of sp³-hybridized carbons (Fsp3) is 0.594. The Kier molecular flexibility index (Phi) is 12.6. The van der Waals surface area contributed by atoms with E-state index in [-0.39, 0.29) is 0 Å². The molecule has 1 aliphatic carbocycles. The van der Waals surface area contributed by atoms with Gasteiger partial charge in [-0.1, -0.05) is 53.0 Å². The van der Waals surface area contributed by atoms with E-state index < -0.39 is 6.09 Å². The quantitative estimate of drug-likeness (QED) is 0.306. The molecule has 5 rings (SSSR count). The number of rotatable bonds is 9. The van der Waals surface area contributed by atoms with Crippen molar-refractivity contribution < 1.29 is 14.7 Å². The number of carbonyl (C=O) groups excluding carboxylic acids is 1. The van der Waals surface area contributed by atoms with Crippen molar-refractivity contribution in [2.24, 2.45) is 11.8 Å². The van der Waals surface area contributed by atoms with Gasteiger partial charge in [0.2, 0.25) is 0 Å². The number of anilines is 1. The third kappa shape index (κ3) is 10.1. The van der Waals surface area contributed by atoms with Gasteiger partial charge in [0.25, 0.3) is 0 Å². The van der Waals surface area contributed by atoms with Gasteiger partial charge in [-0.15, -0.1) is 0 Å². The molecule has 0 radical (unpaired) electrons. The fourth-order valence-electron chi connectivity index (χ4n) is 4.80. The third-order valence-electron chi connectivity index (χ3n) is 7.34. The molecule has 2 aliphatic rings. The maximum absolute atomic E-state index is 11.1. The predicted octanol–water partition coefficient (Wildman–Crippen LogP) is 6.75. The normalized spacial score (nSPS) is 14.8. The Morgan fingerprint density at radius 3 is 2.32 bits per heavy atom. The van der Waals surface area contributed by atoms with E-state index in [0.29, 0.717) is 32.0 Å². The van der Waals surface area contributed by atoms with Gasteiger partial charge in [-0.25, -0.2) is 14.3 Å². The number of hydrogen-bond donors (Lipinski definition) is 1. The summed E-state index contributed by atoms with van der Waals surface area (Å²) < 4.78 is 1.79. The molecule has 3 aromatic rings. The molecule has 0 aromatic carbocycles. The average molecular weight is 565 g/mol. The second-order valence-electron chi connectivity index (χ2n) is 11.5. The van der Waals surface area contributed by atoms with Gasteiger partial charge in [0.15, 0.2) is 5.65 Å². The van der Waals surface area contributed by atoms with Crippen LogP contribution in [0.1, 0.15) is 85.3 Å². The largest absolute Gasteiger partial charge is 0.465 e. The van der Waals surface area contributed by atoms with Crippen LogP contribution in [0.4, 0.5) is 10.6 Å². The monoisotopic (exact) mass is 564 g/mol. The van der Waals surface area contributed by atoms with Gasteiger partial charge in [-0.3, -0.25) is 4.98 Å². The van der Waals surface area contributed by atoms with Crippen molar-refractivity contribution in [3.63, 3.8) is 0 Å². The van der Waals surface area contributed by atoms with Crippen LogP contribution in [0.5, 0.6) is 0 Å². The molecule has 1 saturated heterocycles. The highest BCUT2D eigenvalue weighted by Gasteiger charge is 2.25. The highest BCUT2D eigenvalue weighted by atomic mass is 16.4. The fourth-order valence-corrected chi connectivity index (χ4v) is 4.80. The average Bonchev–Trinajstić information content (AvgIpc) is 3.68. The summed E-state index contributed by atoms with van der Waals surface area (Å²) in [5.41, 5.74) is 4.02. The lowest BCUT2D eigenvalue weighted by Gasteiger charge is -2.33. The maximum atomic E-state index is 11.1. The standard InChI is InChI=1S/C20H22N6O2.C6H12O.C6H14/c27-20(28)25-10-8-24(9-11-25)18-5-7-26-19(23-18)16(13-22-26)15-2-1-6-21-17(15)12-14-3-4-14;1-3-4-5-6(2)7;1-4-5-6(2)3/h1-2,5-7,13-14H,3-4,8-12H2,(H,27,28);3-5H2,1-2H3;6H,4-5H2,1-3H3. The Balaban J connectivity index is 0.000000299. The first kappa shape index (κ1) is 32.0. The summed E-state index contributed by atoms with van der Waals surface area (Å²) in [7, 11) is 0. The van der Waals surface area contributed by atoms with Gasteiger partial charge < -0.3 is 19.7 Å². The van der Waals surface area contributed by atoms with E-state index in [2.05, 4.69) is 48.7 Å². The number of ketones is 1.